The highest BCUT2D eigenvalue weighted by molar-refractivity contribution is 7.17. The zero-order valence-electron chi connectivity index (χ0n) is 11.7. The summed E-state index contributed by atoms with van der Waals surface area (Å²) in [4.78, 5) is 19.3. The van der Waals surface area contributed by atoms with Crippen molar-refractivity contribution in [3.05, 3.63) is 10.6 Å². The van der Waals surface area contributed by atoms with E-state index in [1.165, 1.54) is 11.3 Å². The van der Waals surface area contributed by atoms with Gasteiger partial charge in [0.15, 0.2) is 5.13 Å². The quantitative estimate of drug-likeness (QED) is 0.880. The SMILES string of the molecule is Cc1nc(N(C)C)sc1C(=O)NC1(CO)CCCC1. The molecule has 0 unspecified atom stereocenters. The summed E-state index contributed by atoms with van der Waals surface area (Å²) in [5.41, 5.74) is 0.323. The van der Waals surface area contributed by atoms with Gasteiger partial charge in [0.1, 0.15) is 4.88 Å². The number of hydrogen-bond donors (Lipinski definition) is 2. The average Bonchev–Trinajstić information content (AvgIpc) is 2.96. The number of aliphatic hydroxyl groups is 1. The first-order valence-corrected chi connectivity index (χ1v) is 7.37. The second-order valence-corrected chi connectivity index (χ2v) is 6.38. The van der Waals surface area contributed by atoms with E-state index in [4.69, 9.17) is 0 Å². The normalized spacial score (nSPS) is 17.5. The molecule has 0 bridgehead atoms. The van der Waals surface area contributed by atoms with Crippen molar-refractivity contribution in [2.45, 2.75) is 38.1 Å². The van der Waals surface area contributed by atoms with Crippen LogP contribution in [0.1, 0.15) is 41.0 Å². The molecule has 19 heavy (non-hydrogen) atoms. The minimum Gasteiger partial charge on any atom is -0.394 e. The van der Waals surface area contributed by atoms with Gasteiger partial charge in [-0.1, -0.05) is 24.2 Å². The molecule has 1 saturated carbocycles. The van der Waals surface area contributed by atoms with E-state index in [0.29, 0.717) is 4.88 Å². The molecule has 0 aliphatic heterocycles. The van der Waals surface area contributed by atoms with Crippen LogP contribution in [0.3, 0.4) is 0 Å². The first kappa shape index (κ1) is 14.3. The summed E-state index contributed by atoms with van der Waals surface area (Å²) in [6, 6.07) is 0. The molecule has 6 heteroatoms. The zero-order chi connectivity index (χ0) is 14.0. The van der Waals surface area contributed by atoms with E-state index in [9.17, 15) is 9.90 Å². The van der Waals surface area contributed by atoms with E-state index < -0.39 is 5.54 Å². The fourth-order valence-corrected chi connectivity index (χ4v) is 3.34. The highest BCUT2D eigenvalue weighted by Crippen LogP contribution is 2.31. The zero-order valence-corrected chi connectivity index (χ0v) is 12.5. The van der Waals surface area contributed by atoms with Gasteiger partial charge in [0.25, 0.3) is 5.91 Å². The molecule has 1 aromatic rings. The summed E-state index contributed by atoms with van der Waals surface area (Å²) in [5.74, 6) is -0.112. The molecular weight excluding hydrogens is 262 g/mol. The van der Waals surface area contributed by atoms with Crippen LogP contribution in [0.5, 0.6) is 0 Å². The van der Waals surface area contributed by atoms with Gasteiger partial charge < -0.3 is 15.3 Å². The van der Waals surface area contributed by atoms with Crippen LogP contribution in [-0.2, 0) is 0 Å². The van der Waals surface area contributed by atoms with Crippen molar-refractivity contribution < 1.29 is 9.90 Å². The Morgan fingerprint density at radius 2 is 2.11 bits per heavy atom. The summed E-state index contributed by atoms with van der Waals surface area (Å²) in [6.45, 7) is 1.86. The van der Waals surface area contributed by atoms with Gasteiger partial charge >= 0.3 is 0 Å². The van der Waals surface area contributed by atoms with Gasteiger partial charge in [-0.15, -0.1) is 0 Å². The van der Waals surface area contributed by atoms with Crippen LogP contribution in [0.2, 0.25) is 0 Å². The number of hydrogen-bond acceptors (Lipinski definition) is 5. The summed E-state index contributed by atoms with van der Waals surface area (Å²) < 4.78 is 0. The third-order valence-corrected chi connectivity index (χ3v) is 4.94. The number of amides is 1. The maximum atomic E-state index is 12.4. The third kappa shape index (κ3) is 2.90. The lowest BCUT2D eigenvalue weighted by atomic mass is 9.99. The Labute approximate surface area is 117 Å². The van der Waals surface area contributed by atoms with Crippen LogP contribution in [-0.4, -0.2) is 42.2 Å². The third-order valence-electron chi connectivity index (χ3n) is 3.62. The summed E-state index contributed by atoms with van der Waals surface area (Å²) in [7, 11) is 3.82. The minimum absolute atomic E-state index is 0.0110. The Kier molecular flexibility index (Phi) is 4.10. The van der Waals surface area contributed by atoms with E-state index in [1.807, 2.05) is 25.9 Å². The molecule has 0 aromatic carbocycles. The topological polar surface area (TPSA) is 65.5 Å². The molecule has 0 spiro atoms. The number of aryl methyl sites for hydroxylation is 1. The van der Waals surface area contributed by atoms with Crippen molar-refractivity contribution in [1.82, 2.24) is 10.3 Å². The number of carbonyl (C=O) groups is 1. The molecule has 1 amide bonds. The molecular formula is C13H21N3O2S. The lowest BCUT2D eigenvalue weighted by molar-refractivity contribution is 0.0842. The molecule has 1 aliphatic carbocycles. The molecule has 106 valence electrons. The standard InChI is InChI=1S/C13H21N3O2S/c1-9-10(19-12(14-9)16(2)3)11(18)15-13(8-17)6-4-5-7-13/h17H,4-8H2,1-3H3,(H,15,18). The number of anilines is 1. The molecule has 2 rings (SSSR count). The molecule has 1 aliphatic rings. The van der Waals surface area contributed by atoms with Gasteiger partial charge in [0, 0.05) is 14.1 Å². The van der Waals surface area contributed by atoms with Crippen LogP contribution in [0, 0.1) is 6.92 Å². The Balaban J connectivity index is 2.15. The van der Waals surface area contributed by atoms with Gasteiger partial charge in [0.2, 0.25) is 0 Å². The number of carbonyl (C=O) groups excluding carboxylic acids is 1. The lowest BCUT2D eigenvalue weighted by Gasteiger charge is -2.27. The van der Waals surface area contributed by atoms with Crippen molar-refractivity contribution in [3.63, 3.8) is 0 Å². The molecule has 1 aromatic heterocycles. The first-order valence-electron chi connectivity index (χ1n) is 6.55. The van der Waals surface area contributed by atoms with E-state index >= 15 is 0 Å². The second kappa shape index (κ2) is 5.46. The van der Waals surface area contributed by atoms with E-state index in [-0.39, 0.29) is 12.5 Å². The average molecular weight is 283 g/mol. The second-order valence-electron chi connectivity index (χ2n) is 5.41. The van der Waals surface area contributed by atoms with Crippen molar-refractivity contribution in [1.29, 1.82) is 0 Å². The molecule has 0 atom stereocenters. The van der Waals surface area contributed by atoms with E-state index in [2.05, 4.69) is 10.3 Å². The molecule has 0 radical (unpaired) electrons. The number of nitrogens with one attached hydrogen (secondary N) is 1. The number of rotatable bonds is 4. The van der Waals surface area contributed by atoms with Crippen molar-refractivity contribution in [2.75, 3.05) is 25.6 Å². The maximum absolute atomic E-state index is 12.4. The van der Waals surface area contributed by atoms with Crippen LogP contribution in [0.15, 0.2) is 0 Å². The minimum atomic E-state index is -0.425. The Morgan fingerprint density at radius 3 is 2.58 bits per heavy atom. The van der Waals surface area contributed by atoms with Crippen molar-refractivity contribution >= 4 is 22.4 Å². The molecule has 2 N–H and O–H groups in total. The number of aliphatic hydroxyl groups excluding tert-OH is 1. The van der Waals surface area contributed by atoms with Crippen LogP contribution < -0.4 is 10.2 Å². The van der Waals surface area contributed by atoms with Gasteiger partial charge in [-0.2, -0.15) is 0 Å². The largest absolute Gasteiger partial charge is 0.394 e. The van der Waals surface area contributed by atoms with E-state index in [1.54, 1.807) is 0 Å². The van der Waals surface area contributed by atoms with Crippen LogP contribution in [0.4, 0.5) is 5.13 Å². The molecule has 0 saturated heterocycles. The van der Waals surface area contributed by atoms with Gasteiger partial charge in [0.05, 0.1) is 17.8 Å². The number of nitrogens with zero attached hydrogens (tertiary/aromatic N) is 2. The smallest absolute Gasteiger partial charge is 0.263 e. The van der Waals surface area contributed by atoms with Crippen LogP contribution >= 0.6 is 11.3 Å². The number of aromatic nitrogens is 1. The Morgan fingerprint density at radius 1 is 1.47 bits per heavy atom. The molecule has 1 fully saturated rings. The maximum Gasteiger partial charge on any atom is 0.263 e. The highest BCUT2D eigenvalue weighted by Gasteiger charge is 2.35. The first-order chi connectivity index (χ1) is 8.97. The van der Waals surface area contributed by atoms with Crippen molar-refractivity contribution in [2.24, 2.45) is 0 Å². The lowest BCUT2D eigenvalue weighted by Crippen LogP contribution is -2.49. The van der Waals surface area contributed by atoms with Gasteiger partial charge in [-0.05, 0) is 19.8 Å². The Bertz CT molecular complexity index is 464. The molecule has 1 heterocycles. The fraction of sp³-hybridized carbons (Fsp3) is 0.692. The number of thiazole rings is 1. The monoisotopic (exact) mass is 283 g/mol. The van der Waals surface area contributed by atoms with E-state index in [0.717, 1.165) is 36.5 Å². The summed E-state index contributed by atoms with van der Waals surface area (Å²) in [6.07, 6.45) is 3.83. The highest BCUT2D eigenvalue weighted by atomic mass is 32.1. The predicted molar refractivity (Wildman–Crippen MR) is 76.9 cm³/mol. The van der Waals surface area contributed by atoms with Gasteiger partial charge in [-0.3, -0.25) is 4.79 Å². The Hall–Kier alpha value is -1.14. The summed E-state index contributed by atoms with van der Waals surface area (Å²) in [5, 5.41) is 13.4. The molecule has 5 nitrogen and oxygen atoms in total. The van der Waals surface area contributed by atoms with Crippen molar-refractivity contribution in [3.8, 4) is 0 Å². The van der Waals surface area contributed by atoms with Gasteiger partial charge in [-0.25, -0.2) is 4.98 Å². The van der Waals surface area contributed by atoms with Crippen LogP contribution in [0.25, 0.3) is 0 Å². The summed E-state index contributed by atoms with van der Waals surface area (Å²) >= 11 is 1.39. The predicted octanol–water partition coefficient (Wildman–Crippen LogP) is 1.55. The fourth-order valence-electron chi connectivity index (χ4n) is 2.46.